The molecule has 8 rings (SSSR count). The van der Waals surface area contributed by atoms with Crippen molar-refractivity contribution in [3.63, 3.8) is 0 Å². The maximum Gasteiger partial charge on any atom is 0.319 e. The quantitative estimate of drug-likeness (QED) is 0.265. The number of alkyl halides is 1. The average Bonchev–Trinajstić information content (AvgIpc) is 3.78. The second-order valence-electron chi connectivity index (χ2n) is 12.5. The van der Waals surface area contributed by atoms with E-state index < -0.39 is 23.3 Å². The molecule has 2 aromatic heterocycles. The minimum absolute atomic E-state index is 0.0200. The first kappa shape index (κ1) is 29.4. The molecule has 0 spiro atoms. The predicted molar refractivity (Wildman–Crippen MR) is 168 cm³/mol. The molecule has 14 heteroatoms. The summed E-state index contributed by atoms with van der Waals surface area (Å²) in [5.41, 5.74) is 5.52. The summed E-state index contributed by atoms with van der Waals surface area (Å²) in [5, 5.41) is 20.1. The highest BCUT2D eigenvalue weighted by Crippen LogP contribution is 2.51. The summed E-state index contributed by atoms with van der Waals surface area (Å²) in [6.07, 6.45) is 2.21. The summed E-state index contributed by atoms with van der Waals surface area (Å²) in [5.74, 6) is -1.23. The van der Waals surface area contributed by atoms with E-state index in [0.717, 1.165) is 30.7 Å². The van der Waals surface area contributed by atoms with E-state index in [9.17, 15) is 19.3 Å². The molecule has 4 aliphatic rings. The smallest absolute Gasteiger partial charge is 0.319 e. The van der Waals surface area contributed by atoms with Gasteiger partial charge in [0.05, 0.1) is 44.8 Å². The monoisotopic (exact) mass is 665 g/mol. The Kier molecular flexibility index (Phi) is 6.87. The summed E-state index contributed by atoms with van der Waals surface area (Å²) in [4.78, 5) is 13.4. The summed E-state index contributed by atoms with van der Waals surface area (Å²) in [6.45, 7) is 1.85. The van der Waals surface area contributed by atoms with Crippen molar-refractivity contribution in [2.75, 3.05) is 43.5 Å². The van der Waals surface area contributed by atoms with Crippen LogP contribution in [0, 0.1) is 40.2 Å². The van der Waals surface area contributed by atoms with E-state index in [2.05, 4.69) is 16.0 Å². The minimum atomic E-state index is -0.957. The van der Waals surface area contributed by atoms with Crippen molar-refractivity contribution in [1.29, 1.82) is 10.5 Å². The third kappa shape index (κ3) is 4.29. The van der Waals surface area contributed by atoms with Gasteiger partial charge in [-0.25, -0.2) is 13.2 Å². The molecule has 9 nitrogen and oxygen atoms in total. The van der Waals surface area contributed by atoms with E-state index >= 15 is 4.39 Å². The average molecular weight is 666 g/mol. The van der Waals surface area contributed by atoms with E-state index in [0.29, 0.717) is 38.2 Å². The van der Waals surface area contributed by atoms with Gasteiger partial charge in [-0.1, -0.05) is 17.7 Å². The lowest BCUT2D eigenvalue weighted by Gasteiger charge is -2.32. The maximum atomic E-state index is 17.1. The molecule has 4 atom stereocenters. The number of fused-ring (bicyclic) bond motifs is 4. The first-order valence-electron chi connectivity index (χ1n) is 15.2. The molecule has 4 aromatic rings. The molecule has 236 valence electrons. The van der Waals surface area contributed by atoms with Gasteiger partial charge in [-0.2, -0.15) is 20.5 Å². The first-order valence-corrected chi connectivity index (χ1v) is 16.4. The highest BCUT2D eigenvalue weighted by molar-refractivity contribution is 7.23. The number of halogens is 4. The van der Waals surface area contributed by atoms with Crippen LogP contribution in [0.15, 0.2) is 12.1 Å². The number of benzene rings is 2. The van der Waals surface area contributed by atoms with Crippen LogP contribution >= 0.6 is 22.9 Å². The van der Waals surface area contributed by atoms with Crippen LogP contribution in [0.5, 0.6) is 11.8 Å². The standard InChI is InChI=1S/C32H27ClF3N7O2S/c33-24-22(18-2-3-20(35)28-21(18)19(11-38)29(39)46-28)25(36)26-23-27(24)44-7-4-17-8-15(10-37)12-43(17)30(23)41-31(40-26)45-14-32-5-1-6-42(32)13-16(34)9-32/h2-3,15-17H,1,4-9,12-14,39H2/t15-,16-,17-,32?/m1/s1. The lowest BCUT2D eigenvalue weighted by atomic mass is 9.95. The lowest BCUT2D eigenvalue weighted by Crippen LogP contribution is -2.43. The Bertz CT molecular complexity index is 2030. The zero-order valence-corrected chi connectivity index (χ0v) is 26.0. The molecule has 2 N–H and O–H groups in total. The number of thiophene rings is 1. The molecule has 0 saturated carbocycles. The van der Waals surface area contributed by atoms with Gasteiger partial charge < -0.3 is 20.1 Å². The zero-order chi connectivity index (χ0) is 31.9. The highest BCUT2D eigenvalue weighted by Gasteiger charge is 2.49. The van der Waals surface area contributed by atoms with E-state index in [4.69, 9.17) is 31.8 Å². The van der Waals surface area contributed by atoms with Gasteiger partial charge in [0.2, 0.25) is 0 Å². The topological polar surface area (TPSA) is 124 Å². The van der Waals surface area contributed by atoms with Gasteiger partial charge in [0.15, 0.2) is 11.6 Å². The minimum Gasteiger partial charge on any atom is -0.491 e. The summed E-state index contributed by atoms with van der Waals surface area (Å²) < 4.78 is 59.1. The van der Waals surface area contributed by atoms with Gasteiger partial charge >= 0.3 is 6.01 Å². The third-order valence-corrected chi connectivity index (χ3v) is 11.3. The van der Waals surface area contributed by atoms with Crippen LogP contribution < -0.4 is 20.1 Å². The number of nitriles is 2. The van der Waals surface area contributed by atoms with Crippen molar-refractivity contribution in [2.24, 2.45) is 5.92 Å². The van der Waals surface area contributed by atoms with Gasteiger partial charge in [-0.3, -0.25) is 4.90 Å². The number of ether oxygens (including phenoxy) is 2. The van der Waals surface area contributed by atoms with Crippen molar-refractivity contribution < 1.29 is 22.6 Å². The van der Waals surface area contributed by atoms with E-state index in [-0.39, 0.29) is 84.6 Å². The molecule has 2 aromatic carbocycles. The molecule has 46 heavy (non-hydrogen) atoms. The molecule has 6 heterocycles. The fourth-order valence-electron chi connectivity index (χ4n) is 7.88. The number of rotatable bonds is 4. The second-order valence-corrected chi connectivity index (χ2v) is 13.9. The fraction of sp³-hybridized carbons (Fsp3) is 0.438. The molecular weight excluding hydrogens is 639 g/mol. The molecule has 0 radical (unpaired) electrons. The molecule has 0 bridgehead atoms. The SMILES string of the molecule is N#Cc1c(N)sc2c(F)ccc(-c3c(Cl)c4c5c(nc(OCC67CCCN6C[C@H](F)C7)nc5c3F)N3C[C@@H](C#N)C[C@H]3CCO4)c12. The Labute approximate surface area is 270 Å². The molecular formula is C32H27ClF3N7O2S. The van der Waals surface area contributed by atoms with E-state index in [1.54, 1.807) is 0 Å². The van der Waals surface area contributed by atoms with Gasteiger partial charge in [-0.05, 0) is 37.4 Å². The summed E-state index contributed by atoms with van der Waals surface area (Å²) >= 11 is 7.89. The number of anilines is 2. The van der Waals surface area contributed by atoms with Crippen LogP contribution in [0.1, 0.15) is 37.7 Å². The van der Waals surface area contributed by atoms with Crippen molar-refractivity contribution in [1.82, 2.24) is 14.9 Å². The van der Waals surface area contributed by atoms with Gasteiger partial charge in [0.25, 0.3) is 0 Å². The highest BCUT2D eigenvalue weighted by atomic mass is 35.5. The molecule has 3 saturated heterocycles. The lowest BCUT2D eigenvalue weighted by molar-refractivity contribution is 0.107. The predicted octanol–water partition coefficient (Wildman–Crippen LogP) is 6.35. The van der Waals surface area contributed by atoms with E-state index in [1.165, 1.54) is 12.1 Å². The van der Waals surface area contributed by atoms with Crippen LogP contribution in [0.25, 0.3) is 32.1 Å². The molecule has 3 fully saturated rings. The van der Waals surface area contributed by atoms with Crippen molar-refractivity contribution >= 4 is 54.7 Å². The van der Waals surface area contributed by atoms with Crippen LogP contribution in [0.2, 0.25) is 5.02 Å². The third-order valence-electron chi connectivity index (χ3n) is 9.94. The van der Waals surface area contributed by atoms with E-state index in [1.807, 2.05) is 11.0 Å². The van der Waals surface area contributed by atoms with Crippen LogP contribution in [0.3, 0.4) is 0 Å². The maximum absolute atomic E-state index is 17.1. The number of nitrogen functional groups attached to an aromatic ring is 1. The second kappa shape index (κ2) is 10.8. The van der Waals surface area contributed by atoms with Crippen LogP contribution in [-0.2, 0) is 0 Å². The summed E-state index contributed by atoms with van der Waals surface area (Å²) in [6, 6.07) is 6.72. The van der Waals surface area contributed by atoms with Gasteiger partial charge in [-0.15, -0.1) is 11.3 Å². The van der Waals surface area contributed by atoms with Crippen molar-refractivity contribution in [3.8, 4) is 35.0 Å². The Morgan fingerprint density at radius 3 is 2.87 bits per heavy atom. The Morgan fingerprint density at radius 1 is 1.22 bits per heavy atom. The number of nitrogens with zero attached hydrogens (tertiary/aromatic N) is 6. The van der Waals surface area contributed by atoms with Crippen LogP contribution in [0.4, 0.5) is 24.0 Å². The van der Waals surface area contributed by atoms with Crippen LogP contribution in [-0.4, -0.2) is 65.5 Å². The largest absolute Gasteiger partial charge is 0.491 e. The zero-order valence-electron chi connectivity index (χ0n) is 24.5. The Hall–Kier alpha value is -4.04. The normalized spacial score (nSPS) is 25.5. The first-order chi connectivity index (χ1) is 22.2. The number of nitrogens with two attached hydrogens (primary N) is 1. The Balaban J connectivity index is 1.36. The molecule has 1 unspecified atom stereocenters. The van der Waals surface area contributed by atoms with Gasteiger partial charge in [0.1, 0.15) is 41.0 Å². The van der Waals surface area contributed by atoms with Crippen molar-refractivity contribution in [3.05, 3.63) is 34.4 Å². The van der Waals surface area contributed by atoms with Gasteiger partial charge in [0, 0.05) is 42.9 Å². The molecule has 4 aliphatic heterocycles. The molecule has 0 aliphatic carbocycles. The number of hydrogen-bond acceptors (Lipinski definition) is 10. The fourth-order valence-corrected chi connectivity index (χ4v) is 9.16. The Morgan fingerprint density at radius 2 is 2.07 bits per heavy atom. The van der Waals surface area contributed by atoms with Crippen molar-refractivity contribution in [2.45, 2.75) is 49.9 Å². The number of aromatic nitrogens is 2. The molecule has 0 amide bonds. The summed E-state index contributed by atoms with van der Waals surface area (Å²) in [7, 11) is 0. The number of hydrogen-bond donors (Lipinski definition) is 1.